The molecule has 3 aromatic carbocycles. The lowest BCUT2D eigenvalue weighted by Gasteiger charge is -2.31. The zero-order chi connectivity index (χ0) is 21.4. The average Bonchev–Trinajstić information content (AvgIpc) is 3.19. The van der Waals surface area contributed by atoms with E-state index in [2.05, 4.69) is 81.4 Å². The molecule has 0 spiro atoms. The topological polar surface area (TPSA) is 37.3 Å². The largest absolute Gasteiger partial charge is 0.322 e. The Hall–Kier alpha value is -3.31. The average molecular weight is 472 g/mol. The minimum absolute atomic E-state index is 0.127. The van der Waals surface area contributed by atoms with Gasteiger partial charge in [-0.15, -0.1) is 0 Å². The van der Waals surface area contributed by atoms with Crippen molar-refractivity contribution in [2.45, 2.75) is 19.5 Å². The molecule has 4 nitrogen and oxygen atoms in total. The molecule has 0 fully saturated rings. The van der Waals surface area contributed by atoms with Crippen molar-refractivity contribution in [3.63, 3.8) is 0 Å². The van der Waals surface area contributed by atoms with Crippen molar-refractivity contribution >= 4 is 27.6 Å². The van der Waals surface area contributed by atoms with Gasteiger partial charge in [0.25, 0.3) is 0 Å². The summed E-state index contributed by atoms with van der Waals surface area (Å²) >= 11 is 3.45. The summed E-state index contributed by atoms with van der Waals surface area (Å²) in [7, 11) is 0. The van der Waals surface area contributed by atoms with Gasteiger partial charge in [-0.2, -0.15) is 0 Å². The van der Waals surface area contributed by atoms with E-state index in [1.165, 1.54) is 5.56 Å². The minimum atomic E-state index is -0.210. The van der Waals surface area contributed by atoms with Gasteiger partial charge in [0.05, 0.1) is 18.3 Å². The zero-order valence-electron chi connectivity index (χ0n) is 17.1. The van der Waals surface area contributed by atoms with Gasteiger partial charge in [-0.1, -0.05) is 64.0 Å². The quantitative estimate of drug-likeness (QED) is 0.347. The normalized spacial score (nSPS) is 15.0. The van der Waals surface area contributed by atoms with Crippen LogP contribution in [0.2, 0.25) is 0 Å². The molecular weight excluding hydrogens is 450 g/mol. The number of para-hydroxylation sites is 1. The van der Waals surface area contributed by atoms with Crippen LogP contribution >= 0.6 is 15.9 Å². The number of nitrogens with one attached hydrogen (secondary N) is 1. The molecular formula is C26H22BrN3O. The van der Waals surface area contributed by atoms with E-state index in [-0.39, 0.29) is 12.1 Å². The zero-order valence-corrected chi connectivity index (χ0v) is 18.7. The minimum Gasteiger partial charge on any atom is -0.318 e. The molecule has 0 saturated carbocycles. The molecule has 2 heterocycles. The summed E-state index contributed by atoms with van der Waals surface area (Å²) in [5.41, 5.74) is 6.33. The summed E-state index contributed by atoms with van der Waals surface area (Å²) < 4.78 is 3.18. The third-order valence-corrected chi connectivity index (χ3v) is 6.21. The summed E-state index contributed by atoms with van der Waals surface area (Å²) in [4.78, 5) is 15.5. The molecule has 0 bridgehead atoms. The fraction of sp³-hybridized carbons (Fsp3) is 0.115. The third-order valence-electron chi connectivity index (χ3n) is 5.68. The Labute approximate surface area is 190 Å². The molecule has 0 saturated heterocycles. The SMILES string of the molecule is Cc1cccc(C2c3cccn3-c3ccccc3CN2C(=O)Nc2ccc(Br)cc2)c1. The number of urea groups is 1. The number of halogens is 1. The van der Waals surface area contributed by atoms with Gasteiger partial charge in [0, 0.05) is 22.1 Å². The van der Waals surface area contributed by atoms with Crippen molar-refractivity contribution < 1.29 is 4.79 Å². The lowest BCUT2D eigenvalue weighted by molar-refractivity contribution is 0.194. The lowest BCUT2D eigenvalue weighted by atomic mass is 10.00. The number of anilines is 1. The van der Waals surface area contributed by atoms with Gasteiger partial charge in [0.2, 0.25) is 0 Å². The van der Waals surface area contributed by atoms with E-state index in [0.29, 0.717) is 6.54 Å². The molecule has 0 radical (unpaired) electrons. The fourth-order valence-corrected chi connectivity index (χ4v) is 4.52. The van der Waals surface area contributed by atoms with Crippen LogP contribution in [0.5, 0.6) is 0 Å². The summed E-state index contributed by atoms with van der Waals surface area (Å²) in [5.74, 6) is 0. The molecule has 2 amide bonds. The van der Waals surface area contributed by atoms with E-state index >= 15 is 0 Å². The number of hydrogen-bond donors (Lipinski definition) is 1. The molecule has 5 heteroatoms. The molecule has 1 aromatic heterocycles. The van der Waals surface area contributed by atoms with E-state index in [9.17, 15) is 4.79 Å². The van der Waals surface area contributed by atoms with Crippen LogP contribution in [0.1, 0.15) is 28.4 Å². The number of nitrogens with zero attached hydrogens (tertiary/aromatic N) is 2. The summed E-state index contributed by atoms with van der Waals surface area (Å²) in [6.07, 6.45) is 2.08. The Balaban J connectivity index is 1.63. The summed E-state index contributed by atoms with van der Waals surface area (Å²) in [6.45, 7) is 2.60. The summed E-state index contributed by atoms with van der Waals surface area (Å²) in [6, 6.07) is 28.2. The van der Waals surface area contributed by atoms with E-state index in [4.69, 9.17) is 0 Å². The van der Waals surface area contributed by atoms with Crippen molar-refractivity contribution in [3.8, 4) is 5.69 Å². The van der Waals surface area contributed by atoms with Crippen LogP contribution in [0.15, 0.2) is 95.6 Å². The van der Waals surface area contributed by atoms with Gasteiger partial charge in [-0.25, -0.2) is 4.79 Å². The van der Waals surface area contributed by atoms with Gasteiger partial charge >= 0.3 is 6.03 Å². The molecule has 1 aliphatic heterocycles. The standard InChI is InChI=1S/C26H22BrN3O/c1-18-6-4-8-19(16-18)25-24-10-5-15-29(24)23-9-3-2-7-20(23)17-30(25)26(31)28-22-13-11-21(27)12-14-22/h2-16,25H,17H2,1H3,(H,28,31). The predicted molar refractivity (Wildman–Crippen MR) is 127 cm³/mol. The van der Waals surface area contributed by atoms with E-state index < -0.39 is 0 Å². The first-order valence-corrected chi connectivity index (χ1v) is 11.0. The van der Waals surface area contributed by atoms with Crippen molar-refractivity contribution in [1.29, 1.82) is 0 Å². The first-order valence-electron chi connectivity index (χ1n) is 10.3. The Morgan fingerprint density at radius 3 is 2.58 bits per heavy atom. The molecule has 1 unspecified atom stereocenters. The highest BCUT2D eigenvalue weighted by molar-refractivity contribution is 9.10. The van der Waals surface area contributed by atoms with Crippen LogP contribution in [0, 0.1) is 6.92 Å². The van der Waals surface area contributed by atoms with Gasteiger partial charge < -0.3 is 14.8 Å². The number of rotatable bonds is 2. The molecule has 0 aliphatic carbocycles. The van der Waals surface area contributed by atoms with Crippen LogP contribution < -0.4 is 5.32 Å². The monoisotopic (exact) mass is 471 g/mol. The molecule has 154 valence electrons. The maximum absolute atomic E-state index is 13.6. The van der Waals surface area contributed by atoms with Crippen molar-refractivity contribution in [2.24, 2.45) is 0 Å². The maximum atomic E-state index is 13.6. The number of amides is 2. The van der Waals surface area contributed by atoms with Crippen LogP contribution in [0.3, 0.4) is 0 Å². The maximum Gasteiger partial charge on any atom is 0.322 e. The van der Waals surface area contributed by atoms with Crippen LogP contribution in [-0.4, -0.2) is 15.5 Å². The van der Waals surface area contributed by atoms with Crippen LogP contribution in [0.25, 0.3) is 5.69 Å². The van der Waals surface area contributed by atoms with Crippen molar-refractivity contribution in [2.75, 3.05) is 5.32 Å². The number of carbonyl (C=O) groups is 1. The number of aromatic nitrogens is 1. The second-order valence-electron chi connectivity index (χ2n) is 7.81. The summed E-state index contributed by atoms with van der Waals surface area (Å²) in [5, 5.41) is 3.09. The number of carbonyl (C=O) groups excluding carboxylic acids is 1. The highest BCUT2D eigenvalue weighted by Gasteiger charge is 2.33. The van der Waals surface area contributed by atoms with E-state index in [0.717, 1.165) is 32.7 Å². The Morgan fingerprint density at radius 2 is 1.77 bits per heavy atom. The fourth-order valence-electron chi connectivity index (χ4n) is 4.26. The molecule has 1 aliphatic rings. The second-order valence-corrected chi connectivity index (χ2v) is 8.73. The van der Waals surface area contributed by atoms with E-state index in [1.54, 1.807) is 0 Å². The molecule has 1 atom stereocenters. The number of hydrogen-bond acceptors (Lipinski definition) is 1. The molecule has 4 aromatic rings. The lowest BCUT2D eigenvalue weighted by Crippen LogP contribution is -2.37. The number of aryl methyl sites for hydroxylation is 1. The Morgan fingerprint density at radius 1 is 0.968 bits per heavy atom. The van der Waals surface area contributed by atoms with Gasteiger partial charge in [-0.05, 0) is 60.5 Å². The molecule has 31 heavy (non-hydrogen) atoms. The third kappa shape index (κ3) is 3.77. The van der Waals surface area contributed by atoms with Gasteiger partial charge in [0.15, 0.2) is 0 Å². The first-order chi connectivity index (χ1) is 15.1. The van der Waals surface area contributed by atoms with Gasteiger partial charge in [-0.3, -0.25) is 0 Å². The molecule has 1 N–H and O–H groups in total. The van der Waals surface area contributed by atoms with Crippen LogP contribution in [-0.2, 0) is 6.54 Å². The predicted octanol–water partition coefficient (Wildman–Crippen LogP) is 6.69. The van der Waals surface area contributed by atoms with E-state index in [1.807, 2.05) is 47.4 Å². The second kappa shape index (κ2) is 8.08. The Kier molecular flexibility index (Phi) is 5.12. The van der Waals surface area contributed by atoms with Crippen molar-refractivity contribution in [3.05, 3.63) is 118 Å². The highest BCUT2D eigenvalue weighted by atomic mass is 79.9. The first kappa shape index (κ1) is 19.6. The van der Waals surface area contributed by atoms with Gasteiger partial charge in [0.1, 0.15) is 0 Å². The smallest absolute Gasteiger partial charge is 0.318 e. The molecule has 5 rings (SSSR count). The number of benzene rings is 3. The Bertz CT molecular complexity index is 1250. The highest BCUT2D eigenvalue weighted by Crippen LogP contribution is 2.37. The van der Waals surface area contributed by atoms with Crippen molar-refractivity contribution in [1.82, 2.24) is 9.47 Å². The number of fused-ring (bicyclic) bond motifs is 3. The van der Waals surface area contributed by atoms with Crippen LogP contribution in [0.4, 0.5) is 10.5 Å².